The highest BCUT2D eigenvalue weighted by molar-refractivity contribution is 6.08. The molecule has 0 aromatic heterocycles. The van der Waals surface area contributed by atoms with Crippen molar-refractivity contribution in [3.63, 3.8) is 0 Å². The Morgan fingerprint density at radius 3 is 2.21 bits per heavy atom. The number of amides is 2. The number of halogens is 3. The molecule has 3 aromatic rings. The SMILES string of the molecule is O=C(Nc1ccc(C(=O)N2CCc3ccccc32)cc1)c1cc(F)c(F)c(F)c1. The van der Waals surface area contributed by atoms with Crippen molar-refractivity contribution < 1.29 is 22.8 Å². The van der Waals surface area contributed by atoms with Gasteiger partial charge in [-0.25, -0.2) is 13.2 Å². The average Bonchev–Trinajstić information content (AvgIpc) is 3.16. The molecule has 0 spiro atoms. The minimum absolute atomic E-state index is 0.157. The molecule has 0 atom stereocenters. The molecule has 1 N–H and O–H groups in total. The number of para-hydroxylation sites is 1. The van der Waals surface area contributed by atoms with Crippen LogP contribution in [0.25, 0.3) is 0 Å². The van der Waals surface area contributed by atoms with Gasteiger partial charge in [-0.1, -0.05) is 18.2 Å². The van der Waals surface area contributed by atoms with Crippen molar-refractivity contribution in [2.24, 2.45) is 0 Å². The molecule has 0 bridgehead atoms. The molecular formula is C22H15F3N2O2. The minimum atomic E-state index is -1.63. The molecule has 2 amide bonds. The third-order valence-corrected chi connectivity index (χ3v) is 4.77. The van der Waals surface area contributed by atoms with E-state index in [1.54, 1.807) is 17.0 Å². The maximum atomic E-state index is 13.3. The lowest BCUT2D eigenvalue weighted by atomic mass is 10.1. The van der Waals surface area contributed by atoms with Crippen LogP contribution in [0, 0.1) is 17.5 Å². The van der Waals surface area contributed by atoms with E-state index in [1.807, 2.05) is 24.3 Å². The second kappa shape index (κ2) is 7.43. The van der Waals surface area contributed by atoms with Crippen molar-refractivity contribution in [1.82, 2.24) is 0 Å². The molecule has 0 unspecified atom stereocenters. The number of nitrogens with one attached hydrogen (secondary N) is 1. The topological polar surface area (TPSA) is 49.4 Å². The average molecular weight is 396 g/mol. The van der Waals surface area contributed by atoms with Crippen molar-refractivity contribution >= 4 is 23.2 Å². The Morgan fingerprint density at radius 1 is 0.862 bits per heavy atom. The van der Waals surface area contributed by atoms with E-state index in [4.69, 9.17) is 0 Å². The third-order valence-electron chi connectivity index (χ3n) is 4.77. The van der Waals surface area contributed by atoms with Gasteiger partial charge in [-0.05, 0) is 54.4 Å². The third kappa shape index (κ3) is 3.59. The fourth-order valence-corrected chi connectivity index (χ4v) is 3.29. The number of carbonyl (C=O) groups excluding carboxylic acids is 2. The van der Waals surface area contributed by atoms with Gasteiger partial charge in [0.1, 0.15) is 0 Å². The summed E-state index contributed by atoms with van der Waals surface area (Å²) in [6.07, 6.45) is 0.793. The predicted molar refractivity (Wildman–Crippen MR) is 103 cm³/mol. The minimum Gasteiger partial charge on any atom is -0.322 e. The largest absolute Gasteiger partial charge is 0.322 e. The molecule has 0 saturated heterocycles. The first-order chi connectivity index (χ1) is 13.9. The highest BCUT2D eigenvalue weighted by Gasteiger charge is 2.25. The number of benzene rings is 3. The van der Waals surface area contributed by atoms with E-state index in [0.29, 0.717) is 29.9 Å². The first-order valence-corrected chi connectivity index (χ1v) is 8.90. The fraction of sp³-hybridized carbons (Fsp3) is 0.0909. The normalized spacial score (nSPS) is 12.6. The van der Waals surface area contributed by atoms with Crippen LogP contribution in [0.3, 0.4) is 0 Å². The zero-order chi connectivity index (χ0) is 20.5. The van der Waals surface area contributed by atoms with Crippen LogP contribution in [-0.2, 0) is 6.42 Å². The number of fused-ring (bicyclic) bond motifs is 1. The Balaban J connectivity index is 1.48. The summed E-state index contributed by atoms with van der Waals surface area (Å²) in [6, 6.07) is 15.1. The first-order valence-electron chi connectivity index (χ1n) is 8.90. The summed E-state index contributed by atoms with van der Waals surface area (Å²) in [5, 5.41) is 2.46. The lowest BCUT2D eigenvalue weighted by molar-refractivity contribution is 0.0988. The van der Waals surface area contributed by atoms with Crippen LogP contribution in [-0.4, -0.2) is 18.4 Å². The van der Waals surface area contributed by atoms with Gasteiger partial charge in [0.2, 0.25) is 0 Å². The molecule has 0 saturated carbocycles. The monoisotopic (exact) mass is 396 g/mol. The Kier molecular flexibility index (Phi) is 4.80. The summed E-state index contributed by atoms with van der Waals surface area (Å²) in [7, 11) is 0. The van der Waals surface area contributed by atoms with Crippen molar-refractivity contribution in [2.45, 2.75) is 6.42 Å². The molecule has 1 heterocycles. The highest BCUT2D eigenvalue weighted by Crippen LogP contribution is 2.29. The van der Waals surface area contributed by atoms with Gasteiger partial charge in [0.25, 0.3) is 11.8 Å². The van der Waals surface area contributed by atoms with Crippen molar-refractivity contribution in [3.05, 3.63) is 94.8 Å². The Labute approximate surface area is 164 Å². The number of rotatable bonds is 3. The zero-order valence-corrected chi connectivity index (χ0v) is 15.1. The van der Waals surface area contributed by atoms with Crippen LogP contribution in [0.2, 0.25) is 0 Å². The molecule has 7 heteroatoms. The summed E-state index contributed by atoms with van der Waals surface area (Å²) in [5.74, 6) is -5.47. The highest BCUT2D eigenvalue weighted by atomic mass is 19.2. The van der Waals surface area contributed by atoms with E-state index in [-0.39, 0.29) is 11.5 Å². The summed E-state index contributed by atoms with van der Waals surface area (Å²) in [4.78, 5) is 26.6. The summed E-state index contributed by atoms with van der Waals surface area (Å²) >= 11 is 0. The molecule has 146 valence electrons. The van der Waals surface area contributed by atoms with E-state index in [1.165, 1.54) is 12.1 Å². The van der Waals surface area contributed by atoms with E-state index < -0.39 is 23.4 Å². The molecule has 3 aromatic carbocycles. The molecule has 4 nitrogen and oxygen atoms in total. The zero-order valence-electron chi connectivity index (χ0n) is 15.1. The Hall–Kier alpha value is -3.61. The maximum Gasteiger partial charge on any atom is 0.258 e. The van der Waals surface area contributed by atoms with Crippen LogP contribution in [0.15, 0.2) is 60.7 Å². The number of nitrogens with zero attached hydrogens (tertiary/aromatic N) is 1. The van der Waals surface area contributed by atoms with Crippen LogP contribution in [0.1, 0.15) is 26.3 Å². The van der Waals surface area contributed by atoms with Crippen LogP contribution >= 0.6 is 0 Å². The predicted octanol–water partition coefficient (Wildman–Crippen LogP) is 4.56. The van der Waals surface area contributed by atoms with E-state index in [9.17, 15) is 22.8 Å². The second-order valence-corrected chi connectivity index (χ2v) is 6.62. The molecule has 29 heavy (non-hydrogen) atoms. The molecule has 0 aliphatic carbocycles. The van der Waals surface area contributed by atoms with Gasteiger partial charge < -0.3 is 10.2 Å². The molecule has 4 rings (SSSR count). The van der Waals surface area contributed by atoms with E-state index in [0.717, 1.165) is 17.7 Å². The van der Waals surface area contributed by atoms with Gasteiger partial charge in [-0.3, -0.25) is 9.59 Å². The van der Waals surface area contributed by atoms with Crippen molar-refractivity contribution in [3.8, 4) is 0 Å². The molecule has 1 aliphatic heterocycles. The van der Waals surface area contributed by atoms with Crippen molar-refractivity contribution in [1.29, 1.82) is 0 Å². The molecule has 1 aliphatic rings. The second-order valence-electron chi connectivity index (χ2n) is 6.62. The van der Waals surface area contributed by atoms with Gasteiger partial charge in [0, 0.05) is 29.0 Å². The van der Waals surface area contributed by atoms with Crippen LogP contribution in [0.4, 0.5) is 24.5 Å². The Bertz CT molecular complexity index is 1090. The smallest absolute Gasteiger partial charge is 0.258 e. The summed E-state index contributed by atoms with van der Waals surface area (Å²) in [5.41, 5.74) is 2.42. The van der Waals surface area contributed by atoms with Gasteiger partial charge in [0.15, 0.2) is 17.5 Å². The summed E-state index contributed by atoms with van der Waals surface area (Å²) < 4.78 is 39.6. The lowest BCUT2D eigenvalue weighted by Gasteiger charge is -2.17. The number of carbonyl (C=O) groups is 2. The maximum absolute atomic E-state index is 13.3. The fourth-order valence-electron chi connectivity index (χ4n) is 3.29. The van der Waals surface area contributed by atoms with Gasteiger partial charge >= 0.3 is 0 Å². The summed E-state index contributed by atoms with van der Waals surface area (Å²) in [6.45, 7) is 0.596. The standard InChI is InChI=1S/C22H15F3N2O2/c23-17-11-15(12-18(24)20(17)25)21(28)26-16-7-5-14(6-8-16)22(29)27-10-9-13-3-1-2-4-19(13)27/h1-8,11-12H,9-10H2,(H,26,28). The van der Waals surface area contributed by atoms with Crippen LogP contribution in [0.5, 0.6) is 0 Å². The first kappa shape index (κ1) is 18.7. The number of hydrogen-bond acceptors (Lipinski definition) is 2. The molecule has 0 radical (unpaired) electrons. The van der Waals surface area contributed by atoms with E-state index >= 15 is 0 Å². The molecular weight excluding hydrogens is 381 g/mol. The number of anilines is 2. The van der Waals surface area contributed by atoms with Gasteiger partial charge in [-0.2, -0.15) is 0 Å². The number of hydrogen-bond donors (Lipinski definition) is 1. The quantitative estimate of drug-likeness (QED) is 0.660. The lowest BCUT2D eigenvalue weighted by Crippen LogP contribution is -2.28. The van der Waals surface area contributed by atoms with Crippen LogP contribution < -0.4 is 10.2 Å². The van der Waals surface area contributed by atoms with Gasteiger partial charge in [0.05, 0.1) is 0 Å². The van der Waals surface area contributed by atoms with Crippen molar-refractivity contribution in [2.75, 3.05) is 16.8 Å². The Morgan fingerprint density at radius 2 is 1.52 bits per heavy atom. The van der Waals surface area contributed by atoms with E-state index in [2.05, 4.69) is 5.32 Å². The molecule has 0 fully saturated rings. The van der Waals surface area contributed by atoms with Gasteiger partial charge in [-0.15, -0.1) is 0 Å².